The molecule has 1 atom stereocenters. The SMILES string of the molecule is Cc1ccc(C(=O)O)c(C(=O)OP)c1. The van der Waals surface area contributed by atoms with Gasteiger partial charge in [0.2, 0.25) is 0 Å². The van der Waals surface area contributed by atoms with Crippen LogP contribution in [0.3, 0.4) is 0 Å². The zero-order chi connectivity index (χ0) is 10.7. The number of carbonyl (C=O) groups is 2. The molecule has 5 heteroatoms. The second-order valence-electron chi connectivity index (χ2n) is 2.76. The topological polar surface area (TPSA) is 63.6 Å². The van der Waals surface area contributed by atoms with Gasteiger partial charge in [-0.05, 0) is 19.1 Å². The fraction of sp³-hybridized carbons (Fsp3) is 0.111. The number of benzene rings is 1. The van der Waals surface area contributed by atoms with Crippen molar-refractivity contribution in [2.45, 2.75) is 6.92 Å². The van der Waals surface area contributed by atoms with Crippen LogP contribution in [-0.4, -0.2) is 17.0 Å². The first-order valence-corrected chi connectivity index (χ1v) is 4.28. The van der Waals surface area contributed by atoms with E-state index >= 15 is 0 Å². The van der Waals surface area contributed by atoms with Gasteiger partial charge in [0.05, 0.1) is 20.6 Å². The van der Waals surface area contributed by atoms with Crippen molar-refractivity contribution in [3.8, 4) is 0 Å². The van der Waals surface area contributed by atoms with E-state index in [0.29, 0.717) is 0 Å². The maximum atomic E-state index is 11.2. The Balaban J connectivity index is 3.29. The Bertz CT molecular complexity index is 386. The van der Waals surface area contributed by atoms with Crippen LogP contribution in [0.2, 0.25) is 0 Å². The van der Waals surface area contributed by atoms with Gasteiger partial charge < -0.3 is 9.63 Å². The van der Waals surface area contributed by atoms with E-state index in [1.165, 1.54) is 12.1 Å². The molecule has 0 saturated heterocycles. The first kappa shape index (κ1) is 10.7. The molecule has 0 aliphatic heterocycles. The van der Waals surface area contributed by atoms with Crippen molar-refractivity contribution in [3.63, 3.8) is 0 Å². The summed E-state index contributed by atoms with van der Waals surface area (Å²) in [6.45, 7) is 1.77. The molecule has 14 heavy (non-hydrogen) atoms. The van der Waals surface area contributed by atoms with Gasteiger partial charge in [-0.2, -0.15) is 0 Å². The predicted octanol–water partition coefficient (Wildman–Crippen LogP) is 1.64. The second kappa shape index (κ2) is 4.20. The number of carboxylic acids is 1. The molecule has 4 nitrogen and oxygen atoms in total. The van der Waals surface area contributed by atoms with Crippen LogP contribution in [0, 0.1) is 6.92 Å². The highest BCUT2D eigenvalue weighted by Crippen LogP contribution is 2.14. The van der Waals surface area contributed by atoms with Gasteiger partial charge in [0.25, 0.3) is 0 Å². The van der Waals surface area contributed by atoms with Crippen LogP contribution in [0.15, 0.2) is 18.2 Å². The molecule has 0 bridgehead atoms. The van der Waals surface area contributed by atoms with Crippen LogP contribution in [0.1, 0.15) is 26.3 Å². The molecular formula is C9H9O4P. The summed E-state index contributed by atoms with van der Waals surface area (Å²) in [4.78, 5) is 21.9. The molecular weight excluding hydrogens is 203 g/mol. The minimum atomic E-state index is -1.14. The Morgan fingerprint density at radius 2 is 2.00 bits per heavy atom. The first-order chi connectivity index (χ1) is 6.56. The van der Waals surface area contributed by atoms with Gasteiger partial charge in [0.15, 0.2) is 0 Å². The number of carboxylic acid groups (broad SMARTS) is 1. The zero-order valence-electron chi connectivity index (χ0n) is 7.48. The lowest BCUT2D eigenvalue weighted by Crippen LogP contribution is -2.08. The Morgan fingerprint density at radius 1 is 1.36 bits per heavy atom. The molecule has 0 aliphatic carbocycles. The van der Waals surface area contributed by atoms with Crippen LogP contribution in [0.4, 0.5) is 0 Å². The molecule has 0 aliphatic rings. The monoisotopic (exact) mass is 212 g/mol. The van der Waals surface area contributed by atoms with Gasteiger partial charge in [-0.3, -0.25) is 0 Å². The average Bonchev–Trinajstić information content (AvgIpc) is 2.16. The first-order valence-electron chi connectivity index (χ1n) is 3.81. The van der Waals surface area contributed by atoms with E-state index in [1.807, 2.05) is 0 Å². The van der Waals surface area contributed by atoms with Crippen molar-refractivity contribution >= 4 is 21.4 Å². The Kier molecular flexibility index (Phi) is 3.20. The van der Waals surface area contributed by atoms with Gasteiger partial charge >= 0.3 is 11.9 Å². The van der Waals surface area contributed by atoms with Crippen molar-refractivity contribution in [1.29, 1.82) is 0 Å². The fourth-order valence-electron chi connectivity index (χ4n) is 1.08. The molecule has 0 radical (unpaired) electrons. The third-order valence-corrected chi connectivity index (χ3v) is 1.95. The molecule has 0 fully saturated rings. The smallest absolute Gasteiger partial charge is 0.341 e. The molecule has 74 valence electrons. The lowest BCUT2D eigenvalue weighted by molar-refractivity contribution is 0.0675. The quantitative estimate of drug-likeness (QED) is 0.757. The summed E-state index contributed by atoms with van der Waals surface area (Å²) in [5, 5.41) is 8.79. The largest absolute Gasteiger partial charge is 0.478 e. The molecule has 0 aromatic heterocycles. The third kappa shape index (κ3) is 2.09. The van der Waals surface area contributed by atoms with Crippen molar-refractivity contribution in [2.75, 3.05) is 0 Å². The van der Waals surface area contributed by atoms with Crippen molar-refractivity contribution in [2.24, 2.45) is 0 Å². The summed E-state index contributed by atoms with van der Waals surface area (Å²) in [7, 11) is 1.80. The van der Waals surface area contributed by atoms with Crippen LogP contribution in [-0.2, 0) is 4.52 Å². The average molecular weight is 212 g/mol. The fourth-order valence-corrected chi connectivity index (χ4v) is 1.20. The van der Waals surface area contributed by atoms with Crippen LogP contribution < -0.4 is 0 Å². The lowest BCUT2D eigenvalue weighted by atomic mass is 10.0. The minimum Gasteiger partial charge on any atom is -0.478 e. The summed E-state index contributed by atoms with van der Waals surface area (Å²) in [5.74, 6) is -1.81. The van der Waals surface area contributed by atoms with E-state index in [9.17, 15) is 9.59 Å². The number of carbonyl (C=O) groups excluding carboxylic acids is 1. The molecule has 1 rings (SSSR count). The standard InChI is InChI=1S/C9H9O4P/c1-5-2-3-6(8(10)11)7(4-5)9(12)13-14/h2-4H,14H2,1H3,(H,10,11). The third-order valence-electron chi connectivity index (χ3n) is 1.73. The number of aryl methyl sites for hydroxylation is 1. The number of hydrogen-bond donors (Lipinski definition) is 1. The van der Waals surface area contributed by atoms with Crippen LogP contribution >= 0.6 is 9.47 Å². The maximum absolute atomic E-state index is 11.2. The van der Waals surface area contributed by atoms with E-state index in [4.69, 9.17) is 5.11 Å². The molecule has 1 aromatic carbocycles. The predicted molar refractivity (Wildman–Crippen MR) is 53.3 cm³/mol. The van der Waals surface area contributed by atoms with E-state index < -0.39 is 11.9 Å². The maximum Gasteiger partial charge on any atom is 0.341 e. The van der Waals surface area contributed by atoms with Crippen molar-refractivity contribution in [1.82, 2.24) is 0 Å². The van der Waals surface area contributed by atoms with Gasteiger partial charge in [-0.1, -0.05) is 11.6 Å². The highest BCUT2D eigenvalue weighted by Gasteiger charge is 2.16. The highest BCUT2D eigenvalue weighted by molar-refractivity contribution is 7.10. The molecule has 0 amide bonds. The molecule has 0 heterocycles. The molecule has 1 N–H and O–H groups in total. The highest BCUT2D eigenvalue weighted by atomic mass is 31.0. The van der Waals surface area contributed by atoms with Crippen molar-refractivity contribution in [3.05, 3.63) is 34.9 Å². The Morgan fingerprint density at radius 3 is 2.50 bits per heavy atom. The Labute approximate surface area is 83.2 Å². The van der Waals surface area contributed by atoms with E-state index in [1.54, 1.807) is 22.5 Å². The Hall–Kier alpha value is -1.41. The summed E-state index contributed by atoms with van der Waals surface area (Å²) < 4.78 is 4.40. The molecule has 1 aromatic rings. The molecule has 0 saturated carbocycles. The van der Waals surface area contributed by atoms with Gasteiger partial charge in [-0.15, -0.1) is 0 Å². The number of hydrogen-bond acceptors (Lipinski definition) is 3. The lowest BCUT2D eigenvalue weighted by Gasteiger charge is -2.04. The summed E-state index contributed by atoms with van der Waals surface area (Å²) in [5.41, 5.74) is 0.816. The normalized spacial score (nSPS) is 9.57. The van der Waals surface area contributed by atoms with Crippen LogP contribution in [0.5, 0.6) is 0 Å². The van der Waals surface area contributed by atoms with Crippen LogP contribution in [0.25, 0.3) is 0 Å². The molecule has 0 spiro atoms. The summed E-state index contributed by atoms with van der Waals surface area (Å²) in [6, 6.07) is 4.49. The van der Waals surface area contributed by atoms with E-state index in [2.05, 4.69) is 4.52 Å². The summed E-state index contributed by atoms with van der Waals surface area (Å²) >= 11 is 0. The summed E-state index contributed by atoms with van der Waals surface area (Å²) in [6.07, 6.45) is 0. The van der Waals surface area contributed by atoms with Gasteiger partial charge in [0, 0.05) is 0 Å². The van der Waals surface area contributed by atoms with E-state index in [0.717, 1.165) is 5.56 Å². The van der Waals surface area contributed by atoms with Gasteiger partial charge in [-0.25, -0.2) is 9.59 Å². The minimum absolute atomic E-state index is 0.0527. The van der Waals surface area contributed by atoms with Gasteiger partial charge in [0.1, 0.15) is 0 Å². The zero-order valence-corrected chi connectivity index (χ0v) is 8.64. The molecule has 1 unspecified atom stereocenters. The second-order valence-corrected chi connectivity index (χ2v) is 3.00. The number of aromatic carboxylic acids is 1. The van der Waals surface area contributed by atoms with E-state index in [-0.39, 0.29) is 11.1 Å². The number of rotatable bonds is 2. The van der Waals surface area contributed by atoms with Crippen molar-refractivity contribution < 1.29 is 19.2 Å².